The third kappa shape index (κ3) is 4.97. The second kappa shape index (κ2) is 9.70. The quantitative estimate of drug-likeness (QED) is 0.440. The molecule has 1 aliphatic heterocycles. The van der Waals surface area contributed by atoms with Crippen molar-refractivity contribution < 1.29 is 18.8 Å². The van der Waals surface area contributed by atoms with Gasteiger partial charge in [-0.25, -0.2) is 14.0 Å². The lowest BCUT2D eigenvalue weighted by molar-refractivity contribution is -0.124. The van der Waals surface area contributed by atoms with Gasteiger partial charge in [-0.1, -0.05) is 29.8 Å². The second-order valence-electron chi connectivity index (χ2n) is 8.18. The molecule has 2 aromatic carbocycles. The highest BCUT2D eigenvalue weighted by molar-refractivity contribution is 6.30. The average molecular weight is 487 g/mol. The number of benzene rings is 2. The Morgan fingerprint density at radius 3 is 2.68 bits per heavy atom. The van der Waals surface area contributed by atoms with E-state index in [-0.39, 0.29) is 30.1 Å². The molecule has 4 rings (SSSR count). The molecule has 2 atom stereocenters. The number of halogens is 2. The average Bonchev–Trinajstić information content (AvgIpc) is 3.34. The molecule has 9 nitrogen and oxygen atoms in total. The largest absolute Gasteiger partial charge is 0.354 e. The summed E-state index contributed by atoms with van der Waals surface area (Å²) < 4.78 is 14.7. The fourth-order valence-electron chi connectivity index (χ4n) is 4.19. The number of para-hydroxylation sites is 1. The highest BCUT2D eigenvalue weighted by Gasteiger charge is 2.38. The molecule has 4 amide bonds. The third-order valence-corrected chi connectivity index (χ3v) is 5.94. The summed E-state index contributed by atoms with van der Waals surface area (Å²) in [6.07, 6.45) is 2.12. The molecule has 3 aromatic rings. The monoisotopic (exact) mass is 486 g/mol. The van der Waals surface area contributed by atoms with E-state index in [1.165, 1.54) is 27.8 Å². The fraction of sp³-hybridized carbons (Fsp3) is 0.261. The number of hydrogen-bond acceptors (Lipinski definition) is 4. The number of urea groups is 1. The number of rotatable bonds is 5. The lowest BCUT2D eigenvalue weighted by Crippen LogP contribution is -2.47. The van der Waals surface area contributed by atoms with Crippen LogP contribution in [0.4, 0.5) is 19.7 Å². The van der Waals surface area contributed by atoms with E-state index in [0.717, 1.165) is 0 Å². The molecule has 2 heterocycles. The van der Waals surface area contributed by atoms with Crippen LogP contribution in [0.5, 0.6) is 0 Å². The highest BCUT2D eigenvalue weighted by Crippen LogP contribution is 2.27. The van der Waals surface area contributed by atoms with Crippen molar-refractivity contribution in [3.63, 3.8) is 0 Å². The van der Waals surface area contributed by atoms with Gasteiger partial charge in [-0.3, -0.25) is 9.36 Å². The maximum absolute atomic E-state index is 13.5. The van der Waals surface area contributed by atoms with Crippen LogP contribution in [0.15, 0.2) is 48.7 Å². The Bertz CT molecular complexity index is 1240. The van der Waals surface area contributed by atoms with Crippen molar-refractivity contribution in [1.82, 2.24) is 14.8 Å². The Morgan fingerprint density at radius 2 is 1.94 bits per heavy atom. The summed E-state index contributed by atoms with van der Waals surface area (Å²) in [5.41, 5.74) is 13.1. The molecule has 0 radical (unpaired) electrons. The number of nitrogens with two attached hydrogens (primary N) is 2. The van der Waals surface area contributed by atoms with E-state index in [2.05, 4.69) is 10.6 Å². The van der Waals surface area contributed by atoms with E-state index < -0.39 is 23.9 Å². The zero-order valence-corrected chi connectivity index (χ0v) is 18.9. The molecule has 1 fully saturated rings. The first-order valence-electron chi connectivity index (χ1n) is 10.7. The minimum Gasteiger partial charge on any atom is -0.354 e. The van der Waals surface area contributed by atoms with Crippen molar-refractivity contribution >= 4 is 46.2 Å². The number of carbonyl (C=O) groups is 3. The Morgan fingerprint density at radius 1 is 1.18 bits per heavy atom. The molecule has 1 aliphatic rings. The minimum absolute atomic E-state index is 0.192. The van der Waals surface area contributed by atoms with Crippen LogP contribution in [0, 0.1) is 5.82 Å². The smallest absolute Gasteiger partial charge is 0.323 e. The van der Waals surface area contributed by atoms with Gasteiger partial charge in [-0.2, -0.15) is 0 Å². The van der Waals surface area contributed by atoms with Gasteiger partial charge in [0.25, 0.3) is 0 Å². The Hall–Kier alpha value is -3.63. The zero-order valence-electron chi connectivity index (χ0n) is 18.1. The summed E-state index contributed by atoms with van der Waals surface area (Å²) in [5.74, 6) is -0.804. The number of nitrogens with one attached hydrogen (secondary N) is 2. The molecule has 1 aromatic heterocycles. The normalized spacial score (nSPS) is 17.7. The van der Waals surface area contributed by atoms with Gasteiger partial charge in [-0.15, -0.1) is 0 Å². The first-order chi connectivity index (χ1) is 16.2. The number of nitrogens with zero attached hydrogens (tertiary/aromatic N) is 2. The van der Waals surface area contributed by atoms with E-state index in [4.69, 9.17) is 23.1 Å². The molecular formula is C23H24ClFN6O3. The summed E-state index contributed by atoms with van der Waals surface area (Å²) >= 11 is 5.87. The molecule has 6 N–H and O–H groups in total. The zero-order chi connectivity index (χ0) is 24.4. The van der Waals surface area contributed by atoms with Gasteiger partial charge in [0.2, 0.25) is 5.91 Å². The first-order valence-corrected chi connectivity index (χ1v) is 11.1. The van der Waals surface area contributed by atoms with Gasteiger partial charge in [-0.05, 0) is 42.7 Å². The second-order valence-corrected chi connectivity index (χ2v) is 8.62. The molecular weight excluding hydrogens is 463 g/mol. The first kappa shape index (κ1) is 23.5. The van der Waals surface area contributed by atoms with Crippen LogP contribution in [0.2, 0.25) is 5.02 Å². The molecule has 11 heteroatoms. The lowest BCUT2D eigenvalue weighted by Gasteiger charge is -2.24. The number of likely N-dealkylation sites (tertiary alicyclic amines) is 1. The summed E-state index contributed by atoms with van der Waals surface area (Å²) in [7, 11) is 0. The summed E-state index contributed by atoms with van der Waals surface area (Å²) in [4.78, 5) is 39.0. The molecule has 1 saturated heterocycles. The number of anilines is 1. The molecule has 0 unspecified atom stereocenters. The van der Waals surface area contributed by atoms with Crippen molar-refractivity contribution in [1.29, 1.82) is 0 Å². The van der Waals surface area contributed by atoms with Crippen molar-refractivity contribution in [3.05, 3.63) is 65.1 Å². The maximum atomic E-state index is 13.5. The predicted octanol–water partition coefficient (Wildman–Crippen LogP) is 2.65. The van der Waals surface area contributed by atoms with Crippen LogP contribution in [0.25, 0.3) is 10.9 Å². The lowest BCUT2D eigenvalue weighted by atomic mass is 10.1. The topological polar surface area (TPSA) is 135 Å². The highest BCUT2D eigenvalue weighted by atomic mass is 35.5. The van der Waals surface area contributed by atoms with Crippen LogP contribution in [0.3, 0.4) is 0 Å². The number of hydrogen-bond donors (Lipinski definition) is 4. The molecule has 0 saturated carbocycles. The third-order valence-electron chi connectivity index (χ3n) is 5.72. The van der Waals surface area contributed by atoms with Gasteiger partial charge in [0.15, 0.2) is 0 Å². The molecule has 0 aliphatic carbocycles. The van der Waals surface area contributed by atoms with E-state index >= 15 is 0 Å². The minimum atomic E-state index is -0.768. The summed E-state index contributed by atoms with van der Waals surface area (Å²) in [6, 6.07) is 8.85. The Labute approximate surface area is 199 Å². The molecule has 0 bridgehead atoms. The van der Waals surface area contributed by atoms with Crippen molar-refractivity contribution in [2.75, 3.05) is 18.4 Å². The standard InChI is InChI=1S/C23H24ClFN6O3/c24-14-7-13(8-15(25)9-14)5-6-28-21(32)20-10-16(26)11-31(20)23(34)29-18-12-30(22(27)33)19-4-2-1-3-17(18)19/h1-4,7-9,12,16,20H,5-6,10-11,26H2,(H2,27,33)(H,28,32)(H,29,34)/t16-,20-/m0/s1. The van der Waals surface area contributed by atoms with Crippen molar-refractivity contribution in [2.24, 2.45) is 11.5 Å². The summed E-state index contributed by atoms with van der Waals surface area (Å²) in [5, 5.41) is 6.46. The van der Waals surface area contributed by atoms with Crippen LogP contribution in [0.1, 0.15) is 12.0 Å². The van der Waals surface area contributed by atoms with Crippen LogP contribution in [-0.4, -0.2) is 52.6 Å². The number of carbonyl (C=O) groups excluding carboxylic acids is 3. The van der Waals surface area contributed by atoms with Gasteiger partial charge in [0.05, 0.1) is 11.2 Å². The van der Waals surface area contributed by atoms with Crippen LogP contribution in [-0.2, 0) is 11.2 Å². The van der Waals surface area contributed by atoms with Gasteiger partial charge >= 0.3 is 12.1 Å². The molecule has 178 valence electrons. The maximum Gasteiger partial charge on any atom is 0.323 e. The van der Waals surface area contributed by atoms with Crippen molar-refractivity contribution in [3.8, 4) is 0 Å². The Kier molecular flexibility index (Phi) is 6.71. The number of amides is 4. The van der Waals surface area contributed by atoms with Gasteiger partial charge in [0, 0.05) is 35.7 Å². The number of fused-ring (bicyclic) bond motifs is 1. The van der Waals surface area contributed by atoms with Crippen LogP contribution < -0.4 is 22.1 Å². The SMILES string of the molecule is NC(=O)n1cc(NC(=O)N2C[C@@H](N)C[C@H]2C(=O)NCCc2cc(F)cc(Cl)c2)c2ccccc21. The van der Waals surface area contributed by atoms with Crippen LogP contribution >= 0.6 is 11.6 Å². The number of primary amides is 1. The van der Waals surface area contributed by atoms with E-state index in [9.17, 15) is 18.8 Å². The fourth-order valence-corrected chi connectivity index (χ4v) is 4.44. The molecule has 0 spiro atoms. The predicted molar refractivity (Wildman–Crippen MR) is 127 cm³/mol. The van der Waals surface area contributed by atoms with E-state index in [0.29, 0.717) is 35.0 Å². The summed E-state index contributed by atoms with van der Waals surface area (Å²) in [6.45, 7) is 0.434. The van der Waals surface area contributed by atoms with Gasteiger partial charge in [0.1, 0.15) is 11.9 Å². The Balaban J connectivity index is 1.44. The van der Waals surface area contributed by atoms with Gasteiger partial charge < -0.3 is 27.0 Å². The van der Waals surface area contributed by atoms with E-state index in [1.54, 1.807) is 30.3 Å². The number of aromatic nitrogens is 1. The van der Waals surface area contributed by atoms with E-state index in [1.807, 2.05) is 0 Å². The molecule has 34 heavy (non-hydrogen) atoms. The van der Waals surface area contributed by atoms with Crippen molar-refractivity contribution in [2.45, 2.75) is 24.9 Å².